The predicted octanol–water partition coefficient (Wildman–Crippen LogP) is 2.88. The van der Waals surface area contributed by atoms with Gasteiger partial charge in [0.05, 0.1) is 11.9 Å². The first-order valence-electron chi connectivity index (χ1n) is 6.67. The summed E-state index contributed by atoms with van der Waals surface area (Å²) in [5.41, 5.74) is 2.83. The van der Waals surface area contributed by atoms with Crippen molar-refractivity contribution in [2.24, 2.45) is 0 Å². The van der Waals surface area contributed by atoms with Gasteiger partial charge in [-0.05, 0) is 25.8 Å². The lowest BCUT2D eigenvalue weighted by molar-refractivity contribution is 0.616. The standard InChI is InChI=1S/C15H18ClN3O/c1-3-19-15(20)14(16)13(10-18-19)17-8-7-12-6-4-5-11(2)9-12/h4-6,9-10,17H,3,7-8H2,1-2H3. The minimum Gasteiger partial charge on any atom is -0.382 e. The third-order valence-electron chi connectivity index (χ3n) is 3.10. The van der Waals surface area contributed by atoms with Crippen molar-refractivity contribution in [2.75, 3.05) is 11.9 Å². The average molecular weight is 292 g/mol. The zero-order valence-corrected chi connectivity index (χ0v) is 12.4. The van der Waals surface area contributed by atoms with Crippen LogP contribution in [0.4, 0.5) is 5.69 Å². The molecule has 0 amide bonds. The minimum atomic E-state index is -0.255. The van der Waals surface area contributed by atoms with Crippen molar-refractivity contribution in [3.8, 4) is 0 Å². The molecule has 0 aliphatic carbocycles. The number of aryl methyl sites for hydroxylation is 2. The number of anilines is 1. The first-order chi connectivity index (χ1) is 9.61. The lowest BCUT2D eigenvalue weighted by Gasteiger charge is -2.09. The predicted molar refractivity (Wildman–Crippen MR) is 82.6 cm³/mol. The van der Waals surface area contributed by atoms with Gasteiger partial charge in [-0.1, -0.05) is 41.4 Å². The van der Waals surface area contributed by atoms with Gasteiger partial charge in [-0.2, -0.15) is 5.10 Å². The normalized spacial score (nSPS) is 10.6. The Morgan fingerprint density at radius 3 is 2.90 bits per heavy atom. The van der Waals surface area contributed by atoms with Gasteiger partial charge in [0.2, 0.25) is 0 Å². The molecule has 0 atom stereocenters. The van der Waals surface area contributed by atoms with Gasteiger partial charge in [-0.15, -0.1) is 0 Å². The minimum absolute atomic E-state index is 0.200. The molecule has 0 saturated carbocycles. The topological polar surface area (TPSA) is 46.9 Å². The quantitative estimate of drug-likeness (QED) is 0.921. The molecule has 1 N–H and O–H groups in total. The van der Waals surface area contributed by atoms with E-state index in [2.05, 4.69) is 35.5 Å². The fourth-order valence-electron chi connectivity index (χ4n) is 2.02. The molecule has 5 heteroatoms. The van der Waals surface area contributed by atoms with Gasteiger partial charge < -0.3 is 5.32 Å². The number of nitrogens with zero attached hydrogens (tertiary/aromatic N) is 2. The highest BCUT2D eigenvalue weighted by molar-refractivity contribution is 6.32. The van der Waals surface area contributed by atoms with Crippen molar-refractivity contribution in [1.82, 2.24) is 9.78 Å². The number of hydrogen-bond donors (Lipinski definition) is 1. The summed E-state index contributed by atoms with van der Waals surface area (Å²) < 4.78 is 1.34. The molecule has 1 heterocycles. The molecule has 1 aromatic heterocycles. The molecule has 0 spiro atoms. The molecule has 2 aromatic rings. The number of nitrogens with one attached hydrogen (secondary N) is 1. The lowest BCUT2D eigenvalue weighted by atomic mass is 10.1. The maximum atomic E-state index is 11.8. The van der Waals surface area contributed by atoms with Gasteiger partial charge >= 0.3 is 0 Å². The molecular formula is C15H18ClN3O. The highest BCUT2D eigenvalue weighted by atomic mass is 35.5. The molecule has 0 saturated heterocycles. The summed E-state index contributed by atoms with van der Waals surface area (Å²) in [6, 6.07) is 8.35. The Morgan fingerprint density at radius 2 is 2.20 bits per heavy atom. The zero-order chi connectivity index (χ0) is 14.5. The second-order valence-electron chi connectivity index (χ2n) is 4.66. The van der Waals surface area contributed by atoms with Crippen molar-refractivity contribution in [1.29, 1.82) is 0 Å². The summed E-state index contributed by atoms with van der Waals surface area (Å²) in [6.07, 6.45) is 2.47. The highest BCUT2D eigenvalue weighted by Gasteiger charge is 2.07. The fraction of sp³-hybridized carbons (Fsp3) is 0.333. The van der Waals surface area contributed by atoms with Gasteiger partial charge in [0.25, 0.3) is 5.56 Å². The Hall–Kier alpha value is -1.81. The van der Waals surface area contributed by atoms with Crippen LogP contribution in [0.3, 0.4) is 0 Å². The monoisotopic (exact) mass is 291 g/mol. The van der Waals surface area contributed by atoms with E-state index in [0.717, 1.165) is 6.42 Å². The molecular weight excluding hydrogens is 274 g/mol. The SMILES string of the molecule is CCn1ncc(NCCc2cccc(C)c2)c(Cl)c1=O. The third-order valence-corrected chi connectivity index (χ3v) is 3.46. The summed E-state index contributed by atoms with van der Waals surface area (Å²) in [6.45, 7) is 5.15. The molecule has 2 rings (SSSR count). The summed E-state index contributed by atoms with van der Waals surface area (Å²) in [4.78, 5) is 11.8. The molecule has 0 bridgehead atoms. The molecule has 0 unspecified atom stereocenters. The first kappa shape index (κ1) is 14.6. The van der Waals surface area contributed by atoms with E-state index in [0.29, 0.717) is 18.8 Å². The fourth-order valence-corrected chi connectivity index (χ4v) is 2.24. The van der Waals surface area contributed by atoms with E-state index in [9.17, 15) is 4.79 Å². The summed E-state index contributed by atoms with van der Waals surface area (Å²) in [5, 5.41) is 7.42. The van der Waals surface area contributed by atoms with Crippen LogP contribution in [0.5, 0.6) is 0 Å². The second-order valence-corrected chi connectivity index (χ2v) is 5.04. The van der Waals surface area contributed by atoms with E-state index in [1.165, 1.54) is 15.8 Å². The van der Waals surface area contributed by atoms with E-state index >= 15 is 0 Å². The zero-order valence-electron chi connectivity index (χ0n) is 11.7. The van der Waals surface area contributed by atoms with Crippen molar-refractivity contribution in [3.63, 3.8) is 0 Å². The number of benzene rings is 1. The Balaban J connectivity index is 2.01. The van der Waals surface area contributed by atoms with Crippen LogP contribution < -0.4 is 10.9 Å². The van der Waals surface area contributed by atoms with E-state index in [1.54, 1.807) is 6.20 Å². The van der Waals surface area contributed by atoms with Crippen LogP contribution in [0.1, 0.15) is 18.1 Å². The molecule has 1 aromatic carbocycles. The highest BCUT2D eigenvalue weighted by Crippen LogP contribution is 2.15. The van der Waals surface area contributed by atoms with Gasteiger partial charge in [0.15, 0.2) is 0 Å². The van der Waals surface area contributed by atoms with Crippen LogP contribution in [-0.2, 0) is 13.0 Å². The number of hydrogen-bond acceptors (Lipinski definition) is 3. The lowest BCUT2D eigenvalue weighted by Crippen LogP contribution is -2.23. The maximum Gasteiger partial charge on any atom is 0.287 e. The summed E-state index contributed by atoms with van der Waals surface area (Å²) >= 11 is 6.05. The molecule has 4 nitrogen and oxygen atoms in total. The summed E-state index contributed by atoms with van der Waals surface area (Å²) in [7, 11) is 0. The van der Waals surface area contributed by atoms with Gasteiger partial charge in [-0.3, -0.25) is 4.79 Å². The van der Waals surface area contributed by atoms with Gasteiger partial charge in [-0.25, -0.2) is 4.68 Å². The maximum absolute atomic E-state index is 11.8. The van der Waals surface area contributed by atoms with Crippen molar-refractivity contribution >= 4 is 17.3 Å². The Bertz CT molecular complexity index is 652. The van der Waals surface area contributed by atoms with E-state index in [4.69, 9.17) is 11.6 Å². The van der Waals surface area contributed by atoms with Crippen molar-refractivity contribution < 1.29 is 0 Å². The Morgan fingerprint density at radius 1 is 1.40 bits per heavy atom. The molecule has 0 aliphatic rings. The van der Waals surface area contributed by atoms with Crippen LogP contribution in [0.25, 0.3) is 0 Å². The number of aromatic nitrogens is 2. The smallest absolute Gasteiger partial charge is 0.287 e. The number of rotatable bonds is 5. The van der Waals surface area contributed by atoms with Gasteiger partial charge in [0.1, 0.15) is 5.02 Å². The average Bonchev–Trinajstić information content (AvgIpc) is 2.44. The van der Waals surface area contributed by atoms with Gasteiger partial charge in [0, 0.05) is 13.1 Å². The third kappa shape index (κ3) is 3.39. The number of halogens is 1. The Labute approximate surface area is 123 Å². The van der Waals surface area contributed by atoms with Crippen molar-refractivity contribution in [3.05, 3.63) is 57.0 Å². The van der Waals surface area contributed by atoms with Crippen LogP contribution in [0, 0.1) is 6.92 Å². The van der Waals surface area contributed by atoms with Crippen LogP contribution in [0.2, 0.25) is 5.02 Å². The van der Waals surface area contributed by atoms with E-state index < -0.39 is 0 Å². The molecule has 20 heavy (non-hydrogen) atoms. The van der Waals surface area contributed by atoms with E-state index in [-0.39, 0.29) is 10.6 Å². The molecule has 0 fully saturated rings. The molecule has 0 radical (unpaired) electrons. The molecule has 106 valence electrons. The largest absolute Gasteiger partial charge is 0.382 e. The van der Waals surface area contributed by atoms with Crippen LogP contribution in [-0.4, -0.2) is 16.3 Å². The van der Waals surface area contributed by atoms with E-state index in [1.807, 2.05) is 13.0 Å². The summed E-state index contributed by atoms with van der Waals surface area (Å²) in [5.74, 6) is 0. The van der Waals surface area contributed by atoms with Crippen LogP contribution in [0.15, 0.2) is 35.3 Å². The second kappa shape index (κ2) is 6.57. The van der Waals surface area contributed by atoms with Crippen LogP contribution >= 0.6 is 11.6 Å². The van der Waals surface area contributed by atoms with Crippen molar-refractivity contribution in [2.45, 2.75) is 26.8 Å². The molecule has 0 aliphatic heterocycles. The Kier molecular flexibility index (Phi) is 4.79. The first-order valence-corrected chi connectivity index (χ1v) is 7.04.